The summed E-state index contributed by atoms with van der Waals surface area (Å²) in [6.07, 6.45) is 8.31. The maximum absolute atomic E-state index is 11.3. The van der Waals surface area contributed by atoms with E-state index in [1.165, 1.54) is 22.2 Å². The summed E-state index contributed by atoms with van der Waals surface area (Å²) < 4.78 is 23.6. The minimum absolute atomic E-state index is 0.102. The van der Waals surface area contributed by atoms with Crippen molar-refractivity contribution in [3.05, 3.63) is 109 Å². The number of hydrogen-bond acceptors (Lipinski definition) is 4. The van der Waals surface area contributed by atoms with Crippen LogP contribution in [0.15, 0.2) is 90.4 Å². The van der Waals surface area contributed by atoms with Gasteiger partial charge in [0.05, 0.1) is 12.4 Å². The number of aryl methyl sites for hydroxylation is 2. The van der Waals surface area contributed by atoms with Gasteiger partial charge in [0.25, 0.3) is 0 Å². The van der Waals surface area contributed by atoms with Crippen LogP contribution in [0.5, 0.6) is 5.75 Å². The fourth-order valence-electron chi connectivity index (χ4n) is 3.49. The minimum Gasteiger partial charge on any atom is -0.513 e. The van der Waals surface area contributed by atoms with E-state index < -0.39 is 0 Å². The van der Waals surface area contributed by atoms with Crippen molar-refractivity contribution in [2.24, 2.45) is 5.21 Å². The first-order valence-corrected chi connectivity index (χ1v) is 12.7. The lowest BCUT2D eigenvalue weighted by molar-refractivity contribution is 0.276. The van der Waals surface area contributed by atoms with E-state index in [9.17, 15) is 9.59 Å². The van der Waals surface area contributed by atoms with Crippen LogP contribution < -0.4 is 4.74 Å². The van der Waals surface area contributed by atoms with Crippen LogP contribution in [-0.4, -0.2) is 29.5 Å². The second-order valence-electron chi connectivity index (χ2n) is 9.50. The summed E-state index contributed by atoms with van der Waals surface area (Å²) in [5.74, 6) is 3.53. The lowest BCUT2D eigenvalue weighted by Crippen LogP contribution is -2.15. The van der Waals surface area contributed by atoms with Crippen LogP contribution in [0.1, 0.15) is 74.2 Å². The normalized spacial score (nSPS) is 12.1. The molecule has 1 unspecified atom stereocenters. The highest BCUT2D eigenvalue weighted by atomic mass is 19.2. The quantitative estimate of drug-likeness (QED) is 0.131. The van der Waals surface area contributed by atoms with Crippen molar-refractivity contribution < 1.29 is 18.7 Å². The van der Waals surface area contributed by atoms with Gasteiger partial charge in [0, 0.05) is 25.0 Å². The first-order valence-electron chi connectivity index (χ1n) is 12.7. The summed E-state index contributed by atoms with van der Waals surface area (Å²) in [5, 5.41) is 11.7. The summed E-state index contributed by atoms with van der Waals surface area (Å²) in [4.78, 5) is 1.49. The molecule has 1 atom stereocenters. The van der Waals surface area contributed by atoms with Crippen molar-refractivity contribution in [1.82, 2.24) is 4.90 Å². The Morgan fingerprint density at radius 3 is 2.39 bits per heavy atom. The Balaban J connectivity index is 0.000000781. The number of amidine groups is 1. The molecule has 38 heavy (non-hydrogen) atoms. The standard InChI is InChI=1S/C27H34O3.C5H9FN2/c1-8-9-10-19(4)26-16-25(18(2)3)27(30-26)21(6)17-29-24-14-13-23(20(5)15-24)12-11-22(7)28;1-4-8(3)5(2)7-6/h8-10,13-16,18,21,28H,1,4,7,11-12,17H2,2-3,5-6H3;4H,1H2,2-3H3/b10-9-;7-5+. The number of nitrogens with zero attached hydrogens (tertiary/aromatic N) is 2. The third kappa shape index (κ3) is 10.3. The first kappa shape index (κ1) is 32.2. The number of ether oxygens (including phenoxy) is 1. The smallest absolute Gasteiger partial charge is 0.138 e. The molecule has 0 spiro atoms. The molecule has 2 rings (SSSR count). The molecule has 0 saturated heterocycles. The fourth-order valence-corrected chi connectivity index (χ4v) is 3.49. The average molecular weight is 523 g/mol. The molecule has 0 aliphatic carbocycles. The average Bonchev–Trinajstić information content (AvgIpc) is 3.35. The van der Waals surface area contributed by atoms with E-state index >= 15 is 0 Å². The predicted molar refractivity (Wildman–Crippen MR) is 159 cm³/mol. The molecule has 0 bridgehead atoms. The zero-order valence-corrected chi connectivity index (χ0v) is 23.8. The summed E-state index contributed by atoms with van der Waals surface area (Å²) in [5.41, 5.74) is 4.35. The Bertz CT molecular complexity index is 1160. The molecule has 2 aromatic rings. The fraction of sp³-hybridized carbons (Fsp3) is 0.344. The van der Waals surface area contributed by atoms with Crippen LogP contribution in [0, 0.1) is 6.92 Å². The Kier molecular flexibility index (Phi) is 13.7. The van der Waals surface area contributed by atoms with Gasteiger partial charge in [-0.1, -0.05) is 81.1 Å². The van der Waals surface area contributed by atoms with Gasteiger partial charge in [0.2, 0.25) is 0 Å². The van der Waals surface area contributed by atoms with Crippen LogP contribution in [0.25, 0.3) is 5.57 Å². The first-order chi connectivity index (χ1) is 17.9. The number of allylic oxidation sites excluding steroid dienone is 5. The van der Waals surface area contributed by atoms with E-state index in [-0.39, 0.29) is 11.7 Å². The number of aliphatic hydroxyl groups is 1. The van der Waals surface area contributed by atoms with Gasteiger partial charge in [-0.2, -0.15) is 0 Å². The molecule has 1 heterocycles. The second-order valence-corrected chi connectivity index (χ2v) is 9.50. The summed E-state index contributed by atoms with van der Waals surface area (Å²) >= 11 is 0. The molecule has 1 aromatic heterocycles. The molecule has 1 N–H and O–H groups in total. The molecular weight excluding hydrogens is 479 g/mol. The van der Waals surface area contributed by atoms with Crippen molar-refractivity contribution in [1.29, 1.82) is 0 Å². The molecule has 5 nitrogen and oxygen atoms in total. The van der Waals surface area contributed by atoms with E-state index in [0.717, 1.165) is 34.8 Å². The van der Waals surface area contributed by atoms with Gasteiger partial charge in [-0.05, 0) is 67.3 Å². The van der Waals surface area contributed by atoms with Gasteiger partial charge in [-0.3, -0.25) is 0 Å². The van der Waals surface area contributed by atoms with Gasteiger partial charge in [-0.25, -0.2) is 0 Å². The molecule has 0 fully saturated rings. The third-order valence-corrected chi connectivity index (χ3v) is 6.01. The maximum Gasteiger partial charge on any atom is 0.138 e. The van der Waals surface area contributed by atoms with E-state index in [2.05, 4.69) is 71.4 Å². The molecule has 0 saturated carbocycles. The van der Waals surface area contributed by atoms with Gasteiger partial charge in [0.15, 0.2) is 0 Å². The van der Waals surface area contributed by atoms with Crippen molar-refractivity contribution in [3.63, 3.8) is 0 Å². The van der Waals surface area contributed by atoms with Crippen molar-refractivity contribution in [2.75, 3.05) is 13.7 Å². The van der Waals surface area contributed by atoms with E-state index in [1.54, 1.807) is 20.0 Å². The molecular formula is C32H43FN2O3. The van der Waals surface area contributed by atoms with Crippen molar-refractivity contribution in [2.45, 2.75) is 59.3 Å². The molecule has 0 aliphatic heterocycles. The summed E-state index contributed by atoms with van der Waals surface area (Å²) in [7, 11) is 1.67. The monoisotopic (exact) mass is 522 g/mol. The SMILES string of the molecule is C=C/C=C\C(=C)c1cc(C(C)C)c(C(C)COc2ccc(CCC(=C)O)c(C)c2)o1.C=CN(C)/C(C)=N/F. The van der Waals surface area contributed by atoms with Crippen LogP contribution in [0.3, 0.4) is 0 Å². The lowest BCUT2D eigenvalue weighted by Gasteiger charge is -2.15. The van der Waals surface area contributed by atoms with Crippen LogP contribution in [0.4, 0.5) is 4.48 Å². The van der Waals surface area contributed by atoms with Crippen LogP contribution >= 0.6 is 0 Å². The Morgan fingerprint density at radius 2 is 1.89 bits per heavy atom. The molecule has 1 aromatic carbocycles. The minimum atomic E-state index is 0.102. The summed E-state index contributed by atoms with van der Waals surface area (Å²) in [6.45, 7) is 25.3. The van der Waals surface area contributed by atoms with E-state index in [0.29, 0.717) is 24.8 Å². The highest BCUT2D eigenvalue weighted by Gasteiger charge is 2.21. The second kappa shape index (κ2) is 16.1. The Hall–Kier alpha value is -3.80. The Morgan fingerprint density at radius 1 is 1.21 bits per heavy atom. The predicted octanol–water partition coefficient (Wildman–Crippen LogP) is 9.02. The maximum atomic E-state index is 11.3. The van der Waals surface area contributed by atoms with Crippen LogP contribution in [0.2, 0.25) is 0 Å². The summed E-state index contributed by atoms with van der Waals surface area (Å²) in [6, 6.07) is 8.16. The number of furan rings is 1. The largest absolute Gasteiger partial charge is 0.513 e. The van der Waals surface area contributed by atoms with Crippen molar-refractivity contribution in [3.8, 4) is 5.75 Å². The molecule has 0 amide bonds. The number of aliphatic hydroxyl groups excluding tert-OH is 1. The van der Waals surface area contributed by atoms with Gasteiger partial charge < -0.3 is 19.2 Å². The van der Waals surface area contributed by atoms with Gasteiger partial charge in [0.1, 0.15) is 23.1 Å². The zero-order chi connectivity index (χ0) is 28.8. The third-order valence-electron chi connectivity index (χ3n) is 6.01. The highest BCUT2D eigenvalue weighted by Crippen LogP contribution is 2.33. The lowest BCUT2D eigenvalue weighted by atomic mass is 9.97. The number of halogens is 1. The molecule has 0 radical (unpaired) electrons. The topological polar surface area (TPSA) is 58.2 Å². The van der Waals surface area contributed by atoms with E-state index in [1.807, 2.05) is 24.3 Å². The molecule has 0 aliphatic rings. The van der Waals surface area contributed by atoms with E-state index in [4.69, 9.17) is 9.15 Å². The zero-order valence-electron chi connectivity index (χ0n) is 23.8. The molecule has 6 heteroatoms. The number of benzene rings is 1. The van der Waals surface area contributed by atoms with Crippen molar-refractivity contribution >= 4 is 11.4 Å². The van der Waals surface area contributed by atoms with Crippen LogP contribution in [-0.2, 0) is 6.42 Å². The highest BCUT2D eigenvalue weighted by molar-refractivity contribution is 5.79. The van der Waals surface area contributed by atoms with Gasteiger partial charge >= 0.3 is 0 Å². The Labute approximate surface area is 228 Å². The number of hydrogen-bond donors (Lipinski definition) is 1. The molecule has 206 valence electrons. The van der Waals surface area contributed by atoms with Gasteiger partial charge in [-0.15, -0.1) is 0 Å². The number of rotatable bonds is 12.